The normalized spacial score (nSPS) is 16.2. The Morgan fingerprint density at radius 3 is 2.79 bits per heavy atom. The van der Waals surface area contributed by atoms with Crippen LogP contribution in [-0.2, 0) is 4.79 Å². The first-order chi connectivity index (χ1) is 9.31. The zero-order valence-corrected chi connectivity index (χ0v) is 11.6. The lowest BCUT2D eigenvalue weighted by Gasteiger charge is -2.15. The summed E-state index contributed by atoms with van der Waals surface area (Å²) in [4.78, 5) is 15.5. The lowest BCUT2D eigenvalue weighted by atomic mass is 10.1. The van der Waals surface area contributed by atoms with Crippen LogP contribution in [0.25, 0.3) is 11.6 Å². The van der Waals surface area contributed by atoms with Crippen molar-refractivity contribution in [2.45, 2.75) is 13.3 Å². The first kappa shape index (κ1) is 12.2. The number of carbonyl (C=O) groups is 1. The minimum atomic E-state index is 0.122. The molecule has 0 saturated carbocycles. The van der Waals surface area contributed by atoms with Crippen molar-refractivity contribution in [2.75, 3.05) is 11.4 Å². The molecule has 1 aliphatic heterocycles. The minimum absolute atomic E-state index is 0.122. The Morgan fingerprint density at radius 1 is 1.21 bits per heavy atom. The van der Waals surface area contributed by atoms with E-state index in [4.69, 9.17) is 0 Å². The van der Waals surface area contributed by atoms with Gasteiger partial charge in [0.15, 0.2) is 0 Å². The quantitative estimate of drug-likeness (QED) is 0.770. The first-order valence-electron chi connectivity index (χ1n) is 6.47. The zero-order chi connectivity index (χ0) is 13.2. The van der Waals surface area contributed by atoms with Gasteiger partial charge >= 0.3 is 0 Å². The predicted molar refractivity (Wildman–Crippen MR) is 81.3 cm³/mol. The van der Waals surface area contributed by atoms with E-state index in [-0.39, 0.29) is 5.91 Å². The summed E-state index contributed by atoms with van der Waals surface area (Å²) >= 11 is 1.65. The standard InChI is InChI=1S/C16H15NOS/c1-2-9-17-15-8-4-3-7-13(15)14(16(17)18)11-12-6-5-10-19-12/h3-8,10-11H,2,9H2,1H3/b14-11-. The number of hydrogen-bond acceptors (Lipinski definition) is 2. The van der Waals surface area contributed by atoms with Gasteiger partial charge in [0.05, 0.1) is 11.3 Å². The lowest BCUT2D eigenvalue weighted by molar-refractivity contribution is -0.113. The van der Waals surface area contributed by atoms with Crippen LogP contribution < -0.4 is 4.90 Å². The summed E-state index contributed by atoms with van der Waals surface area (Å²) in [7, 11) is 0. The Hall–Kier alpha value is -1.87. The average Bonchev–Trinajstić information content (AvgIpc) is 3.02. The van der Waals surface area contributed by atoms with Crippen molar-refractivity contribution in [3.63, 3.8) is 0 Å². The van der Waals surface area contributed by atoms with E-state index in [1.807, 2.05) is 52.8 Å². The van der Waals surface area contributed by atoms with Crippen LogP contribution in [-0.4, -0.2) is 12.5 Å². The van der Waals surface area contributed by atoms with E-state index in [0.717, 1.165) is 34.7 Å². The second-order valence-corrected chi connectivity index (χ2v) is 5.53. The fraction of sp³-hybridized carbons (Fsp3) is 0.188. The Balaban J connectivity index is 2.09. The van der Waals surface area contributed by atoms with Crippen LogP contribution in [0.3, 0.4) is 0 Å². The van der Waals surface area contributed by atoms with Gasteiger partial charge in [0, 0.05) is 17.0 Å². The van der Waals surface area contributed by atoms with Crippen molar-refractivity contribution in [3.8, 4) is 0 Å². The van der Waals surface area contributed by atoms with Gasteiger partial charge in [0.1, 0.15) is 0 Å². The molecule has 0 saturated heterocycles. The molecular formula is C16H15NOS. The zero-order valence-electron chi connectivity index (χ0n) is 10.8. The summed E-state index contributed by atoms with van der Waals surface area (Å²) in [5.74, 6) is 0.122. The van der Waals surface area contributed by atoms with E-state index < -0.39 is 0 Å². The number of anilines is 1. The number of amides is 1. The number of fused-ring (bicyclic) bond motifs is 1. The van der Waals surface area contributed by atoms with Crippen LogP contribution in [0, 0.1) is 0 Å². The van der Waals surface area contributed by atoms with Gasteiger partial charge in [-0.05, 0) is 30.0 Å². The number of rotatable bonds is 3. The van der Waals surface area contributed by atoms with E-state index in [1.54, 1.807) is 11.3 Å². The van der Waals surface area contributed by atoms with Crippen LogP contribution in [0.2, 0.25) is 0 Å². The number of benzene rings is 1. The van der Waals surface area contributed by atoms with Crippen LogP contribution in [0.4, 0.5) is 5.69 Å². The summed E-state index contributed by atoms with van der Waals surface area (Å²) in [5.41, 5.74) is 2.90. The smallest absolute Gasteiger partial charge is 0.259 e. The maximum atomic E-state index is 12.5. The predicted octanol–water partition coefficient (Wildman–Crippen LogP) is 4.05. The van der Waals surface area contributed by atoms with Crippen LogP contribution >= 0.6 is 11.3 Å². The highest BCUT2D eigenvalue weighted by Gasteiger charge is 2.31. The molecule has 2 nitrogen and oxygen atoms in total. The van der Waals surface area contributed by atoms with Gasteiger partial charge in [-0.25, -0.2) is 0 Å². The topological polar surface area (TPSA) is 20.3 Å². The number of nitrogens with zero attached hydrogens (tertiary/aromatic N) is 1. The second-order valence-electron chi connectivity index (χ2n) is 4.55. The molecule has 0 unspecified atom stereocenters. The van der Waals surface area contributed by atoms with Crippen molar-refractivity contribution < 1.29 is 4.79 Å². The van der Waals surface area contributed by atoms with Crippen molar-refractivity contribution in [2.24, 2.45) is 0 Å². The number of thiophene rings is 1. The largest absolute Gasteiger partial charge is 0.308 e. The van der Waals surface area contributed by atoms with E-state index in [1.165, 1.54) is 0 Å². The number of hydrogen-bond donors (Lipinski definition) is 0. The Labute approximate surface area is 117 Å². The highest BCUT2D eigenvalue weighted by molar-refractivity contribution is 7.11. The molecule has 2 heterocycles. The Morgan fingerprint density at radius 2 is 2.05 bits per heavy atom. The van der Waals surface area contributed by atoms with Crippen molar-refractivity contribution >= 4 is 34.6 Å². The molecular weight excluding hydrogens is 254 g/mol. The molecule has 2 aromatic rings. The molecule has 19 heavy (non-hydrogen) atoms. The molecule has 1 aromatic carbocycles. The van der Waals surface area contributed by atoms with Crippen LogP contribution in [0.1, 0.15) is 23.8 Å². The van der Waals surface area contributed by atoms with E-state index >= 15 is 0 Å². The third-order valence-electron chi connectivity index (χ3n) is 3.24. The van der Waals surface area contributed by atoms with Gasteiger partial charge in [-0.3, -0.25) is 4.79 Å². The molecule has 0 radical (unpaired) electrons. The maximum Gasteiger partial charge on any atom is 0.259 e. The molecule has 0 aliphatic carbocycles. The molecule has 1 aromatic heterocycles. The van der Waals surface area contributed by atoms with Crippen LogP contribution in [0.5, 0.6) is 0 Å². The van der Waals surface area contributed by atoms with Crippen molar-refractivity contribution in [1.29, 1.82) is 0 Å². The summed E-state index contributed by atoms with van der Waals surface area (Å²) < 4.78 is 0. The number of para-hydroxylation sites is 1. The molecule has 3 rings (SSSR count). The van der Waals surface area contributed by atoms with Crippen molar-refractivity contribution in [3.05, 3.63) is 52.2 Å². The third-order valence-corrected chi connectivity index (χ3v) is 4.06. The van der Waals surface area contributed by atoms with E-state index in [0.29, 0.717) is 0 Å². The minimum Gasteiger partial charge on any atom is -0.308 e. The van der Waals surface area contributed by atoms with E-state index in [9.17, 15) is 4.79 Å². The van der Waals surface area contributed by atoms with Gasteiger partial charge in [0.2, 0.25) is 0 Å². The molecule has 0 N–H and O–H groups in total. The van der Waals surface area contributed by atoms with Gasteiger partial charge in [-0.15, -0.1) is 11.3 Å². The molecule has 96 valence electrons. The van der Waals surface area contributed by atoms with Crippen LogP contribution in [0.15, 0.2) is 41.8 Å². The molecule has 0 spiro atoms. The fourth-order valence-electron chi connectivity index (χ4n) is 2.41. The SMILES string of the molecule is CCCN1C(=O)/C(=C\c2cccs2)c2ccccc21. The summed E-state index contributed by atoms with van der Waals surface area (Å²) in [6, 6.07) is 12.1. The third kappa shape index (κ3) is 2.10. The lowest BCUT2D eigenvalue weighted by Crippen LogP contribution is -2.26. The molecule has 1 aliphatic rings. The van der Waals surface area contributed by atoms with Crippen molar-refractivity contribution in [1.82, 2.24) is 0 Å². The molecule has 0 bridgehead atoms. The molecule has 1 amide bonds. The van der Waals surface area contributed by atoms with Gasteiger partial charge in [-0.2, -0.15) is 0 Å². The maximum absolute atomic E-state index is 12.5. The second kappa shape index (κ2) is 5.02. The Bertz CT molecular complexity index is 628. The molecule has 0 atom stereocenters. The number of carbonyl (C=O) groups excluding carboxylic acids is 1. The van der Waals surface area contributed by atoms with E-state index in [2.05, 4.69) is 6.92 Å². The first-order valence-corrected chi connectivity index (χ1v) is 7.35. The molecule has 0 fully saturated rings. The molecule has 3 heteroatoms. The summed E-state index contributed by atoms with van der Waals surface area (Å²) in [6.45, 7) is 2.87. The monoisotopic (exact) mass is 269 g/mol. The van der Waals surface area contributed by atoms with Gasteiger partial charge in [-0.1, -0.05) is 31.2 Å². The average molecular weight is 269 g/mol. The fourth-order valence-corrected chi connectivity index (χ4v) is 3.06. The highest BCUT2D eigenvalue weighted by Crippen LogP contribution is 2.37. The van der Waals surface area contributed by atoms with Gasteiger partial charge in [0.25, 0.3) is 5.91 Å². The summed E-state index contributed by atoms with van der Waals surface area (Å²) in [5, 5.41) is 2.03. The summed E-state index contributed by atoms with van der Waals surface area (Å²) in [6.07, 6.45) is 2.97. The van der Waals surface area contributed by atoms with Gasteiger partial charge < -0.3 is 4.90 Å². The highest BCUT2D eigenvalue weighted by atomic mass is 32.1. The Kier molecular flexibility index (Phi) is 3.22.